The summed E-state index contributed by atoms with van der Waals surface area (Å²) in [6.45, 7) is 2.94. The van der Waals surface area contributed by atoms with Crippen LogP contribution in [0, 0.1) is 5.92 Å². The number of sulfonamides is 1. The highest BCUT2D eigenvalue weighted by molar-refractivity contribution is 7.91. The lowest BCUT2D eigenvalue weighted by molar-refractivity contribution is -0.126. The first-order valence-corrected chi connectivity index (χ1v) is 12.4. The molecule has 31 heavy (non-hydrogen) atoms. The van der Waals surface area contributed by atoms with Crippen LogP contribution in [0.1, 0.15) is 31.2 Å². The summed E-state index contributed by atoms with van der Waals surface area (Å²) >= 11 is 1.14. The molecule has 4 heterocycles. The highest BCUT2D eigenvalue weighted by Gasteiger charge is 2.33. The maximum absolute atomic E-state index is 13.0. The SMILES string of the molecule is CCc1nc(-c2csc(S(=O)(=O)N3CCC(C(=O)NCc4cccnc4)CC3)c2)no1. The van der Waals surface area contributed by atoms with E-state index < -0.39 is 10.0 Å². The number of hydrogen-bond donors (Lipinski definition) is 1. The second-order valence-electron chi connectivity index (χ2n) is 7.28. The molecule has 3 aromatic rings. The van der Waals surface area contributed by atoms with E-state index in [1.54, 1.807) is 23.8 Å². The van der Waals surface area contributed by atoms with Crippen molar-refractivity contribution in [1.29, 1.82) is 0 Å². The molecule has 0 spiro atoms. The van der Waals surface area contributed by atoms with E-state index in [-0.39, 0.29) is 16.0 Å². The summed E-state index contributed by atoms with van der Waals surface area (Å²) in [5, 5.41) is 8.53. The lowest BCUT2D eigenvalue weighted by Gasteiger charge is -2.30. The number of amides is 1. The molecule has 0 unspecified atom stereocenters. The number of nitrogens with zero attached hydrogens (tertiary/aromatic N) is 4. The zero-order valence-electron chi connectivity index (χ0n) is 17.0. The van der Waals surface area contributed by atoms with Crippen molar-refractivity contribution in [1.82, 2.24) is 24.7 Å². The van der Waals surface area contributed by atoms with E-state index in [9.17, 15) is 13.2 Å². The van der Waals surface area contributed by atoms with Crippen molar-refractivity contribution in [2.24, 2.45) is 5.92 Å². The van der Waals surface area contributed by atoms with Crippen LogP contribution in [0.15, 0.2) is 44.7 Å². The molecular weight excluding hydrogens is 438 g/mol. The number of aromatic nitrogens is 3. The van der Waals surface area contributed by atoms with E-state index in [4.69, 9.17) is 4.52 Å². The van der Waals surface area contributed by atoms with Gasteiger partial charge in [0.15, 0.2) is 0 Å². The Morgan fingerprint density at radius 2 is 2.16 bits per heavy atom. The van der Waals surface area contributed by atoms with Gasteiger partial charge in [0, 0.05) is 55.3 Å². The summed E-state index contributed by atoms with van der Waals surface area (Å²) in [4.78, 5) is 20.7. The van der Waals surface area contributed by atoms with E-state index in [1.165, 1.54) is 4.31 Å². The third-order valence-corrected chi connectivity index (χ3v) is 8.53. The van der Waals surface area contributed by atoms with Gasteiger partial charge in [0.1, 0.15) is 4.21 Å². The zero-order valence-corrected chi connectivity index (χ0v) is 18.7. The quantitative estimate of drug-likeness (QED) is 0.574. The van der Waals surface area contributed by atoms with Crippen LogP contribution in [0.25, 0.3) is 11.4 Å². The van der Waals surface area contributed by atoms with Crippen LogP contribution in [0.5, 0.6) is 0 Å². The van der Waals surface area contributed by atoms with Gasteiger partial charge in [-0.1, -0.05) is 18.1 Å². The van der Waals surface area contributed by atoms with E-state index in [2.05, 4.69) is 20.4 Å². The van der Waals surface area contributed by atoms with Crippen LogP contribution in [0.4, 0.5) is 0 Å². The number of pyridine rings is 1. The molecule has 0 bridgehead atoms. The smallest absolute Gasteiger partial charge is 0.252 e. The average molecular weight is 462 g/mol. The molecule has 11 heteroatoms. The van der Waals surface area contributed by atoms with E-state index in [1.807, 2.05) is 19.1 Å². The number of carbonyl (C=O) groups is 1. The van der Waals surface area contributed by atoms with Crippen LogP contribution in [-0.4, -0.2) is 46.8 Å². The highest BCUT2D eigenvalue weighted by atomic mass is 32.2. The van der Waals surface area contributed by atoms with Crippen LogP contribution >= 0.6 is 11.3 Å². The van der Waals surface area contributed by atoms with Crippen molar-refractivity contribution in [3.8, 4) is 11.4 Å². The third kappa shape index (κ3) is 4.83. The van der Waals surface area contributed by atoms with Crippen LogP contribution < -0.4 is 5.32 Å². The molecule has 3 aromatic heterocycles. The molecule has 0 atom stereocenters. The lowest BCUT2D eigenvalue weighted by Crippen LogP contribution is -2.42. The van der Waals surface area contributed by atoms with E-state index in [0.29, 0.717) is 56.2 Å². The van der Waals surface area contributed by atoms with Gasteiger partial charge >= 0.3 is 0 Å². The maximum Gasteiger partial charge on any atom is 0.252 e. The zero-order chi connectivity index (χ0) is 21.8. The van der Waals surface area contributed by atoms with E-state index >= 15 is 0 Å². The third-order valence-electron chi connectivity index (χ3n) is 5.21. The molecule has 1 aliphatic rings. The van der Waals surface area contributed by atoms with Crippen molar-refractivity contribution in [3.05, 3.63) is 47.4 Å². The minimum absolute atomic E-state index is 0.0526. The molecule has 9 nitrogen and oxygen atoms in total. The second kappa shape index (κ2) is 9.25. The van der Waals surface area contributed by atoms with Gasteiger partial charge in [0.2, 0.25) is 17.6 Å². The van der Waals surface area contributed by atoms with Gasteiger partial charge in [-0.25, -0.2) is 8.42 Å². The Bertz CT molecular complexity index is 1140. The molecule has 4 rings (SSSR count). The molecule has 0 radical (unpaired) electrons. The van der Waals surface area contributed by atoms with Gasteiger partial charge in [0.25, 0.3) is 10.0 Å². The van der Waals surface area contributed by atoms with Crippen LogP contribution in [0.3, 0.4) is 0 Å². The summed E-state index contributed by atoms with van der Waals surface area (Å²) < 4.78 is 32.9. The number of carbonyl (C=O) groups excluding carboxylic acids is 1. The molecule has 1 amide bonds. The van der Waals surface area contributed by atoms with Crippen molar-refractivity contribution in [3.63, 3.8) is 0 Å². The Morgan fingerprint density at radius 3 is 2.84 bits per heavy atom. The summed E-state index contributed by atoms with van der Waals surface area (Å²) in [6.07, 6.45) is 4.99. The van der Waals surface area contributed by atoms with Gasteiger partial charge in [-0.2, -0.15) is 9.29 Å². The van der Waals surface area contributed by atoms with Gasteiger partial charge in [-0.15, -0.1) is 11.3 Å². The highest BCUT2D eigenvalue weighted by Crippen LogP contribution is 2.31. The normalized spacial score (nSPS) is 15.8. The maximum atomic E-state index is 13.0. The van der Waals surface area contributed by atoms with Gasteiger partial charge in [-0.05, 0) is 30.5 Å². The minimum atomic E-state index is -3.63. The predicted molar refractivity (Wildman–Crippen MR) is 115 cm³/mol. The number of hydrogen-bond acceptors (Lipinski definition) is 8. The van der Waals surface area contributed by atoms with Crippen molar-refractivity contribution in [2.75, 3.05) is 13.1 Å². The second-order valence-corrected chi connectivity index (χ2v) is 10.4. The van der Waals surface area contributed by atoms with Crippen LogP contribution in [0.2, 0.25) is 0 Å². The number of thiophene rings is 1. The predicted octanol–water partition coefficient (Wildman–Crippen LogP) is 2.47. The monoisotopic (exact) mass is 461 g/mol. The Labute approximate surface area is 184 Å². The summed E-state index contributed by atoms with van der Waals surface area (Å²) in [5.74, 6) is 0.644. The first kappa shape index (κ1) is 21.6. The van der Waals surface area contributed by atoms with Gasteiger partial charge in [-0.3, -0.25) is 9.78 Å². The molecule has 0 aromatic carbocycles. The first-order valence-electron chi connectivity index (χ1n) is 10.1. The topological polar surface area (TPSA) is 118 Å². The molecule has 1 saturated heterocycles. The number of piperidine rings is 1. The fourth-order valence-corrected chi connectivity index (χ4v) is 6.19. The summed E-state index contributed by atoms with van der Waals surface area (Å²) in [5.41, 5.74) is 1.55. The minimum Gasteiger partial charge on any atom is -0.352 e. The molecular formula is C20H23N5O4S2. The Morgan fingerprint density at radius 1 is 1.35 bits per heavy atom. The molecule has 1 aliphatic heterocycles. The largest absolute Gasteiger partial charge is 0.352 e. The summed E-state index contributed by atoms with van der Waals surface area (Å²) in [6, 6.07) is 5.30. The molecule has 164 valence electrons. The van der Waals surface area contributed by atoms with E-state index in [0.717, 1.165) is 16.9 Å². The summed E-state index contributed by atoms with van der Waals surface area (Å²) in [7, 11) is -3.63. The molecule has 1 fully saturated rings. The van der Waals surface area contributed by atoms with Gasteiger partial charge in [0.05, 0.1) is 0 Å². The fourth-order valence-electron chi connectivity index (χ4n) is 3.41. The van der Waals surface area contributed by atoms with Crippen molar-refractivity contribution >= 4 is 27.3 Å². The Kier molecular flexibility index (Phi) is 6.44. The number of nitrogens with one attached hydrogen (secondary N) is 1. The Hall–Kier alpha value is -2.63. The first-order chi connectivity index (χ1) is 15.0. The molecule has 1 N–H and O–H groups in total. The van der Waals surface area contributed by atoms with Crippen LogP contribution in [-0.2, 0) is 27.8 Å². The average Bonchev–Trinajstić information content (AvgIpc) is 3.48. The van der Waals surface area contributed by atoms with Gasteiger partial charge < -0.3 is 9.84 Å². The van der Waals surface area contributed by atoms with Crippen molar-refractivity contribution in [2.45, 2.75) is 36.9 Å². The Balaban J connectivity index is 1.35. The van der Waals surface area contributed by atoms with Crippen molar-refractivity contribution < 1.29 is 17.7 Å². The fraction of sp³-hybridized carbons (Fsp3) is 0.400. The molecule has 0 aliphatic carbocycles. The lowest BCUT2D eigenvalue weighted by atomic mass is 9.97. The number of aryl methyl sites for hydroxylation is 1. The number of rotatable bonds is 7. The molecule has 0 saturated carbocycles. The standard InChI is InChI=1S/C20H23N5O4S2/c1-2-17-23-19(24-29-17)16-10-18(30-13-16)31(27,28)25-8-5-15(6-9-25)20(26)22-12-14-4-3-7-21-11-14/h3-4,7,10-11,13,15H,2,5-6,8-9,12H2,1H3,(H,22,26).